The van der Waals surface area contributed by atoms with Crippen LogP contribution >= 0.6 is 0 Å². The third-order valence-electron chi connectivity index (χ3n) is 10.5. The molecule has 0 aromatic heterocycles. The number of nitrogens with zero attached hydrogens (tertiary/aromatic N) is 1. The second kappa shape index (κ2) is 9.59. The van der Waals surface area contributed by atoms with Gasteiger partial charge in [0.2, 0.25) is 11.8 Å². The van der Waals surface area contributed by atoms with Crippen LogP contribution in [0.1, 0.15) is 103 Å². The van der Waals surface area contributed by atoms with Gasteiger partial charge in [-0.1, -0.05) is 24.0 Å². The van der Waals surface area contributed by atoms with Gasteiger partial charge in [0.25, 0.3) is 0 Å². The lowest BCUT2D eigenvalue weighted by molar-refractivity contribution is -0.164. The lowest BCUT2D eigenvalue weighted by atomic mass is 9.61. The summed E-state index contributed by atoms with van der Waals surface area (Å²) in [6.45, 7) is 0.273. The number of hydrogen-bond donors (Lipinski definition) is 2. The quantitative estimate of drug-likeness (QED) is 0.573. The second-order valence-corrected chi connectivity index (χ2v) is 12.5. The van der Waals surface area contributed by atoms with Gasteiger partial charge in [0.15, 0.2) is 0 Å². The van der Waals surface area contributed by atoms with Crippen LogP contribution in [0.3, 0.4) is 0 Å². The molecule has 4 fully saturated rings. The minimum Gasteiger partial charge on any atom is -0.396 e. The highest BCUT2D eigenvalue weighted by molar-refractivity contribution is 5.87. The standard InChI is InChI=1S/C29H44N2O3/c32-17-18-9-11-19(12-10-18)27-26(28(33)30-22-13-14-22)24-7-3-4-8-25(24)29(34)31(27)23-15-20-5-1-2-6-21(20)16-23/h18-19,22-27,32H,1-17H2,(H,30,33)/t18?,19?,24?,25?,26-,27+/m1/s1. The van der Waals surface area contributed by atoms with Gasteiger partial charge in [-0.15, -0.1) is 0 Å². The van der Waals surface area contributed by atoms with E-state index in [1.165, 1.54) is 25.7 Å². The maximum atomic E-state index is 14.3. The second-order valence-electron chi connectivity index (χ2n) is 12.5. The Morgan fingerprint density at radius 3 is 2.21 bits per heavy atom. The summed E-state index contributed by atoms with van der Waals surface area (Å²) in [7, 11) is 0. The van der Waals surface area contributed by atoms with Crippen LogP contribution in [0, 0.1) is 29.6 Å². The zero-order valence-electron chi connectivity index (χ0n) is 20.9. The Morgan fingerprint density at radius 2 is 1.56 bits per heavy atom. The van der Waals surface area contributed by atoms with Gasteiger partial charge < -0.3 is 15.3 Å². The topological polar surface area (TPSA) is 69.6 Å². The summed E-state index contributed by atoms with van der Waals surface area (Å²) < 4.78 is 0. The molecule has 0 bridgehead atoms. The number of carbonyl (C=O) groups is 2. The Hall–Kier alpha value is -1.36. The number of piperidine rings is 1. The summed E-state index contributed by atoms with van der Waals surface area (Å²) >= 11 is 0. The van der Waals surface area contributed by atoms with Crippen LogP contribution in [0.4, 0.5) is 0 Å². The van der Waals surface area contributed by atoms with Gasteiger partial charge in [-0.3, -0.25) is 9.59 Å². The van der Waals surface area contributed by atoms with E-state index in [9.17, 15) is 14.7 Å². The van der Waals surface area contributed by atoms with Crippen molar-refractivity contribution >= 4 is 11.8 Å². The molecular formula is C29H44N2O3. The number of fused-ring (bicyclic) bond motifs is 1. The largest absolute Gasteiger partial charge is 0.396 e. The van der Waals surface area contributed by atoms with E-state index in [2.05, 4.69) is 10.2 Å². The van der Waals surface area contributed by atoms with Crippen molar-refractivity contribution in [3.63, 3.8) is 0 Å². The first kappa shape index (κ1) is 23.1. The molecule has 5 nitrogen and oxygen atoms in total. The molecule has 6 aliphatic rings. The van der Waals surface area contributed by atoms with E-state index < -0.39 is 0 Å². The van der Waals surface area contributed by atoms with Gasteiger partial charge in [-0.05, 0) is 108 Å². The van der Waals surface area contributed by atoms with E-state index in [4.69, 9.17) is 0 Å². The predicted molar refractivity (Wildman–Crippen MR) is 132 cm³/mol. The summed E-state index contributed by atoms with van der Waals surface area (Å²) in [5.41, 5.74) is 3.27. The fourth-order valence-electron chi connectivity index (χ4n) is 8.55. The van der Waals surface area contributed by atoms with Crippen molar-refractivity contribution in [2.45, 2.75) is 121 Å². The van der Waals surface area contributed by atoms with Crippen LogP contribution in [0.5, 0.6) is 0 Å². The number of amides is 2. The molecule has 188 valence electrons. The zero-order chi connectivity index (χ0) is 23.2. The first-order valence-electron chi connectivity index (χ1n) is 14.6. The minimum atomic E-state index is -0.0445. The highest BCUT2D eigenvalue weighted by Gasteiger charge is 2.56. The lowest BCUT2D eigenvalue weighted by Crippen LogP contribution is -2.65. The Labute approximate surface area is 205 Å². The van der Waals surface area contributed by atoms with Crippen LogP contribution in [-0.4, -0.2) is 46.6 Å². The SMILES string of the molecule is O=C(NC1CC1)[C@@H]1C2CCCCC2C(=O)N(C2CC3=C(CCCC3)C2)[C@H]1C1CCC(CO)CC1. The van der Waals surface area contributed by atoms with E-state index in [1.807, 2.05) is 0 Å². The molecule has 2 N–H and O–H groups in total. The van der Waals surface area contributed by atoms with Crippen LogP contribution < -0.4 is 5.32 Å². The molecule has 34 heavy (non-hydrogen) atoms. The highest BCUT2D eigenvalue weighted by Crippen LogP contribution is 2.51. The summed E-state index contributed by atoms with van der Waals surface area (Å²) in [6.07, 6.45) is 17.8. The average Bonchev–Trinajstić information content (AvgIpc) is 3.58. The van der Waals surface area contributed by atoms with Crippen molar-refractivity contribution in [3.05, 3.63) is 11.1 Å². The summed E-state index contributed by atoms with van der Waals surface area (Å²) in [4.78, 5) is 30.5. The van der Waals surface area contributed by atoms with Crippen LogP contribution in [0.25, 0.3) is 0 Å². The molecule has 5 aliphatic carbocycles. The molecule has 0 aromatic rings. The molecule has 1 heterocycles. The molecule has 3 saturated carbocycles. The van der Waals surface area contributed by atoms with Crippen LogP contribution in [0.15, 0.2) is 11.1 Å². The van der Waals surface area contributed by atoms with Crippen LogP contribution in [0.2, 0.25) is 0 Å². The van der Waals surface area contributed by atoms with Gasteiger partial charge in [-0.25, -0.2) is 0 Å². The van der Waals surface area contributed by atoms with Gasteiger partial charge >= 0.3 is 0 Å². The average molecular weight is 469 g/mol. The molecule has 1 saturated heterocycles. The molecule has 6 rings (SSSR count). The molecule has 2 amide bonds. The molecular weight excluding hydrogens is 424 g/mol. The third-order valence-corrected chi connectivity index (χ3v) is 10.5. The van der Waals surface area contributed by atoms with Crippen molar-refractivity contribution < 1.29 is 14.7 Å². The molecule has 4 atom stereocenters. The Balaban J connectivity index is 1.34. The van der Waals surface area contributed by atoms with Crippen molar-refractivity contribution in [1.82, 2.24) is 10.2 Å². The summed E-state index contributed by atoms with van der Waals surface area (Å²) in [5, 5.41) is 13.1. The summed E-state index contributed by atoms with van der Waals surface area (Å²) in [5.74, 6) is 1.65. The lowest BCUT2D eigenvalue weighted by Gasteiger charge is -2.55. The van der Waals surface area contributed by atoms with Gasteiger partial charge in [0.05, 0.1) is 5.92 Å². The molecule has 2 unspecified atom stereocenters. The number of nitrogens with one attached hydrogen (secondary N) is 1. The fourth-order valence-corrected chi connectivity index (χ4v) is 8.55. The zero-order valence-corrected chi connectivity index (χ0v) is 20.9. The number of rotatable bonds is 5. The van der Waals surface area contributed by atoms with Gasteiger partial charge in [0, 0.05) is 30.7 Å². The number of carbonyl (C=O) groups excluding carboxylic acids is 2. The van der Waals surface area contributed by atoms with E-state index in [-0.39, 0.29) is 42.4 Å². The van der Waals surface area contributed by atoms with E-state index in [0.29, 0.717) is 23.8 Å². The predicted octanol–water partition coefficient (Wildman–Crippen LogP) is 4.73. The molecule has 0 radical (unpaired) electrons. The smallest absolute Gasteiger partial charge is 0.226 e. The Bertz CT molecular complexity index is 807. The minimum absolute atomic E-state index is 0.0445. The Kier molecular flexibility index (Phi) is 6.51. The molecule has 0 aromatic carbocycles. The van der Waals surface area contributed by atoms with E-state index >= 15 is 0 Å². The maximum Gasteiger partial charge on any atom is 0.226 e. The van der Waals surface area contributed by atoms with Crippen molar-refractivity contribution in [1.29, 1.82) is 0 Å². The fraction of sp³-hybridized carbons (Fsp3) is 0.862. The normalized spacial score (nSPS) is 39.1. The monoisotopic (exact) mass is 468 g/mol. The van der Waals surface area contributed by atoms with E-state index in [1.54, 1.807) is 11.1 Å². The highest BCUT2D eigenvalue weighted by atomic mass is 16.3. The molecule has 5 heteroatoms. The third kappa shape index (κ3) is 4.24. The number of hydrogen-bond acceptors (Lipinski definition) is 3. The maximum absolute atomic E-state index is 14.3. The number of aliphatic hydroxyl groups excluding tert-OH is 1. The first-order chi connectivity index (χ1) is 16.6. The van der Waals surface area contributed by atoms with Crippen molar-refractivity contribution in [2.24, 2.45) is 29.6 Å². The van der Waals surface area contributed by atoms with Crippen LogP contribution in [-0.2, 0) is 9.59 Å². The molecule has 1 aliphatic heterocycles. The molecule has 0 spiro atoms. The van der Waals surface area contributed by atoms with E-state index in [0.717, 1.165) is 77.0 Å². The van der Waals surface area contributed by atoms with Crippen molar-refractivity contribution in [2.75, 3.05) is 6.61 Å². The van der Waals surface area contributed by atoms with Crippen molar-refractivity contribution in [3.8, 4) is 0 Å². The number of aliphatic hydroxyl groups is 1. The number of likely N-dealkylation sites (tertiary alicyclic amines) is 1. The first-order valence-corrected chi connectivity index (χ1v) is 14.6. The summed E-state index contributed by atoms with van der Waals surface area (Å²) in [6, 6.07) is 0.693. The Morgan fingerprint density at radius 1 is 0.882 bits per heavy atom. The van der Waals surface area contributed by atoms with Gasteiger partial charge in [0.1, 0.15) is 0 Å². The van der Waals surface area contributed by atoms with Gasteiger partial charge in [-0.2, -0.15) is 0 Å².